The molecule has 0 unspecified atom stereocenters. The molecule has 0 spiro atoms. The van der Waals surface area contributed by atoms with Crippen molar-refractivity contribution < 1.29 is 0 Å². The summed E-state index contributed by atoms with van der Waals surface area (Å²) < 4.78 is 0. The van der Waals surface area contributed by atoms with Gasteiger partial charge in [-0.3, -0.25) is 4.90 Å². The fourth-order valence-electron chi connectivity index (χ4n) is 3.91. The molecule has 0 aromatic rings. The molecule has 1 heterocycles. The second-order valence-corrected chi connectivity index (χ2v) is 7.22. The number of nitrogens with zero attached hydrogens (tertiary/aromatic N) is 1. The van der Waals surface area contributed by atoms with Crippen molar-refractivity contribution in [2.24, 2.45) is 5.41 Å². The number of hydrogen-bond acceptors (Lipinski definition) is 2. The van der Waals surface area contributed by atoms with E-state index >= 15 is 0 Å². The van der Waals surface area contributed by atoms with E-state index in [1.54, 1.807) is 0 Å². The first-order chi connectivity index (χ1) is 8.58. The molecule has 2 heteroatoms. The van der Waals surface area contributed by atoms with Crippen LogP contribution in [0.1, 0.15) is 65.7 Å². The van der Waals surface area contributed by atoms with E-state index in [1.165, 1.54) is 71.1 Å². The van der Waals surface area contributed by atoms with Gasteiger partial charge in [0.2, 0.25) is 0 Å². The summed E-state index contributed by atoms with van der Waals surface area (Å²) in [4.78, 5) is 2.77. The van der Waals surface area contributed by atoms with Gasteiger partial charge < -0.3 is 5.32 Å². The van der Waals surface area contributed by atoms with Crippen molar-refractivity contribution in [2.45, 2.75) is 71.3 Å². The molecule has 2 fully saturated rings. The molecule has 1 N–H and O–H groups in total. The Morgan fingerprint density at radius 1 is 1.06 bits per heavy atom. The lowest BCUT2D eigenvalue weighted by atomic mass is 9.84. The minimum absolute atomic E-state index is 0.445. The molecular weight excluding hydrogens is 220 g/mol. The highest BCUT2D eigenvalue weighted by Crippen LogP contribution is 2.41. The molecule has 1 saturated heterocycles. The molecule has 0 radical (unpaired) electrons. The van der Waals surface area contributed by atoms with Crippen LogP contribution in [0.5, 0.6) is 0 Å². The Morgan fingerprint density at radius 2 is 1.78 bits per heavy atom. The number of hydrogen-bond donors (Lipinski definition) is 1. The van der Waals surface area contributed by atoms with Crippen LogP contribution in [0.2, 0.25) is 0 Å². The highest BCUT2D eigenvalue weighted by atomic mass is 15.2. The van der Waals surface area contributed by atoms with Crippen LogP contribution in [0.4, 0.5) is 0 Å². The van der Waals surface area contributed by atoms with Crippen LogP contribution in [-0.4, -0.2) is 36.6 Å². The summed E-state index contributed by atoms with van der Waals surface area (Å²) in [5.41, 5.74) is 1.02. The first-order valence-corrected chi connectivity index (χ1v) is 8.04. The summed E-state index contributed by atoms with van der Waals surface area (Å²) in [5.74, 6) is 0. The Bertz CT molecular complexity index is 254. The lowest BCUT2D eigenvalue weighted by molar-refractivity contribution is 0.0959. The Balaban J connectivity index is 1.93. The summed E-state index contributed by atoms with van der Waals surface area (Å²) in [7, 11) is 0. The van der Waals surface area contributed by atoms with Crippen LogP contribution in [-0.2, 0) is 0 Å². The van der Waals surface area contributed by atoms with E-state index in [0.717, 1.165) is 0 Å². The van der Waals surface area contributed by atoms with Crippen LogP contribution in [0.3, 0.4) is 0 Å². The average Bonchev–Trinajstić information content (AvgIpc) is 2.89. The van der Waals surface area contributed by atoms with E-state index in [9.17, 15) is 0 Å². The summed E-state index contributed by atoms with van der Waals surface area (Å²) in [6.45, 7) is 12.2. The molecule has 18 heavy (non-hydrogen) atoms. The van der Waals surface area contributed by atoms with E-state index in [2.05, 4.69) is 31.0 Å². The number of likely N-dealkylation sites (tertiary alicyclic amines) is 1. The van der Waals surface area contributed by atoms with Crippen LogP contribution in [0.15, 0.2) is 0 Å². The predicted octanol–water partition coefficient (Wildman–Crippen LogP) is 3.42. The summed E-state index contributed by atoms with van der Waals surface area (Å²) >= 11 is 0. The molecule has 0 atom stereocenters. The van der Waals surface area contributed by atoms with Crippen LogP contribution < -0.4 is 5.32 Å². The fraction of sp³-hybridized carbons (Fsp3) is 1.00. The maximum Gasteiger partial charge on any atom is 0.0153 e. The van der Waals surface area contributed by atoms with Gasteiger partial charge in [-0.15, -0.1) is 0 Å². The first-order valence-electron chi connectivity index (χ1n) is 8.04. The zero-order valence-corrected chi connectivity index (χ0v) is 12.7. The third kappa shape index (κ3) is 3.27. The molecule has 1 aliphatic heterocycles. The third-order valence-corrected chi connectivity index (χ3v) is 5.19. The molecule has 2 rings (SSSR count). The van der Waals surface area contributed by atoms with Gasteiger partial charge >= 0.3 is 0 Å². The summed E-state index contributed by atoms with van der Waals surface area (Å²) in [6.07, 6.45) is 9.80. The Kier molecular flexibility index (Phi) is 4.71. The van der Waals surface area contributed by atoms with E-state index in [4.69, 9.17) is 0 Å². The lowest BCUT2D eigenvalue weighted by Gasteiger charge is -2.40. The standard InChI is InChI=1S/C16H32N2/c1-4-11-17-13-16(9-5-6-10-16)14-18-12-7-8-15(18,2)3/h17H,4-14H2,1-3H3. The zero-order chi connectivity index (χ0) is 13.1. The van der Waals surface area contributed by atoms with Gasteiger partial charge in [-0.25, -0.2) is 0 Å². The summed E-state index contributed by atoms with van der Waals surface area (Å²) in [6, 6.07) is 0. The Labute approximate surface area is 114 Å². The summed E-state index contributed by atoms with van der Waals surface area (Å²) in [5, 5.41) is 3.69. The highest BCUT2D eigenvalue weighted by Gasteiger charge is 2.40. The maximum atomic E-state index is 3.69. The van der Waals surface area contributed by atoms with Gasteiger partial charge in [0.05, 0.1) is 0 Å². The van der Waals surface area contributed by atoms with Crippen molar-refractivity contribution in [3.63, 3.8) is 0 Å². The SMILES string of the molecule is CCCNCC1(CN2CCCC2(C)C)CCCC1. The number of nitrogens with one attached hydrogen (secondary N) is 1. The van der Waals surface area contributed by atoms with Gasteiger partial charge in [-0.1, -0.05) is 19.8 Å². The van der Waals surface area contributed by atoms with E-state index in [0.29, 0.717) is 11.0 Å². The predicted molar refractivity (Wildman–Crippen MR) is 78.9 cm³/mol. The fourth-order valence-corrected chi connectivity index (χ4v) is 3.91. The van der Waals surface area contributed by atoms with Gasteiger partial charge in [-0.2, -0.15) is 0 Å². The molecule has 1 aliphatic carbocycles. The first kappa shape index (κ1) is 14.3. The minimum Gasteiger partial charge on any atom is -0.316 e. The quantitative estimate of drug-likeness (QED) is 0.729. The van der Waals surface area contributed by atoms with Crippen molar-refractivity contribution in [2.75, 3.05) is 26.2 Å². The zero-order valence-electron chi connectivity index (χ0n) is 12.7. The average molecular weight is 252 g/mol. The van der Waals surface area contributed by atoms with Gasteiger partial charge in [0.1, 0.15) is 0 Å². The smallest absolute Gasteiger partial charge is 0.0153 e. The van der Waals surface area contributed by atoms with E-state index < -0.39 is 0 Å². The lowest BCUT2D eigenvalue weighted by Crippen LogP contribution is -2.48. The molecule has 0 amide bonds. The molecule has 0 aromatic heterocycles. The molecular formula is C16H32N2. The van der Waals surface area contributed by atoms with E-state index in [1.807, 2.05) is 0 Å². The van der Waals surface area contributed by atoms with Gasteiger partial charge in [0, 0.05) is 18.6 Å². The maximum absolute atomic E-state index is 3.69. The van der Waals surface area contributed by atoms with Gasteiger partial charge in [-0.05, 0) is 64.5 Å². The normalized spacial score (nSPS) is 26.8. The van der Waals surface area contributed by atoms with Crippen LogP contribution in [0.25, 0.3) is 0 Å². The molecule has 0 bridgehead atoms. The number of rotatable bonds is 6. The van der Waals surface area contributed by atoms with Crippen molar-refractivity contribution in [3.8, 4) is 0 Å². The van der Waals surface area contributed by atoms with Gasteiger partial charge in [0.15, 0.2) is 0 Å². The van der Waals surface area contributed by atoms with Crippen molar-refractivity contribution in [1.82, 2.24) is 10.2 Å². The monoisotopic (exact) mass is 252 g/mol. The third-order valence-electron chi connectivity index (χ3n) is 5.19. The van der Waals surface area contributed by atoms with Gasteiger partial charge in [0.25, 0.3) is 0 Å². The van der Waals surface area contributed by atoms with Crippen molar-refractivity contribution in [1.29, 1.82) is 0 Å². The Morgan fingerprint density at radius 3 is 2.33 bits per heavy atom. The van der Waals surface area contributed by atoms with Crippen LogP contribution in [0, 0.1) is 5.41 Å². The van der Waals surface area contributed by atoms with E-state index in [-0.39, 0.29) is 0 Å². The highest BCUT2D eigenvalue weighted by molar-refractivity contribution is 4.95. The largest absolute Gasteiger partial charge is 0.316 e. The van der Waals surface area contributed by atoms with Crippen LogP contribution >= 0.6 is 0 Å². The molecule has 106 valence electrons. The van der Waals surface area contributed by atoms with Crippen molar-refractivity contribution >= 4 is 0 Å². The molecule has 1 saturated carbocycles. The second kappa shape index (κ2) is 5.92. The molecule has 2 nitrogen and oxygen atoms in total. The molecule has 0 aromatic carbocycles. The molecule has 2 aliphatic rings. The van der Waals surface area contributed by atoms with Crippen molar-refractivity contribution in [3.05, 3.63) is 0 Å². The minimum atomic E-state index is 0.445. The topological polar surface area (TPSA) is 15.3 Å². The second-order valence-electron chi connectivity index (χ2n) is 7.22. The Hall–Kier alpha value is -0.0800.